The van der Waals surface area contributed by atoms with Crippen LogP contribution in [0.5, 0.6) is 0 Å². The number of hydrogen-bond acceptors (Lipinski definition) is 4. The van der Waals surface area contributed by atoms with E-state index in [-0.39, 0.29) is 18.2 Å². The monoisotopic (exact) mass is 427 g/mol. The quantitative estimate of drug-likeness (QED) is 0.602. The second-order valence-corrected chi connectivity index (χ2v) is 8.49. The second kappa shape index (κ2) is 9.72. The molecule has 1 aromatic carbocycles. The van der Waals surface area contributed by atoms with Crippen molar-refractivity contribution in [3.8, 4) is 0 Å². The zero-order valence-electron chi connectivity index (χ0n) is 16.2. The van der Waals surface area contributed by atoms with Crippen LogP contribution in [0.25, 0.3) is 0 Å². The number of benzene rings is 1. The first kappa shape index (κ1) is 21.2. The lowest BCUT2D eigenvalue weighted by Gasteiger charge is -2.40. The number of likely N-dealkylation sites (tertiary alicyclic amines) is 1. The molecule has 0 aromatic heterocycles. The van der Waals surface area contributed by atoms with Gasteiger partial charge in [0, 0.05) is 18.1 Å². The summed E-state index contributed by atoms with van der Waals surface area (Å²) in [6, 6.07) is 8.05. The molecule has 1 aliphatic heterocycles. The zero-order valence-corrected chi connectivity index (χ0v) is 17.8. The molecule has 0 aliphatic carbocycles. The molecule has 0 radical (unpaired) electrons. The molecule has 2 atom stereocenters. The Hall–Kier alpha value is -1.11. The minimum Gasteiger partial charge on any atom is -0.444 e. The molecule has 1 amide bonds. The number of amides is 1. The van der Waals surface area contributed by atoms with Crippen molar-refractivity contribution in [1.82, 2.24) is 4.90 Å². The van der Waals surface area contributed by atoms with Gasteiger partial charge in [-0.1, -0.05) is 28.1 Å². The number of carbonyl (C=O) groups is 1. The van der Waals surface area contributed by atoms with Gasteiger partial charge in [-0.15, -0.1) is 0 Å². The van der Waals surface area contributed by atoms with Crippen LogP contribution in [0.15, 0.2) is 28.7 Å². The maximum Gasteiger partial charge on any atom is 0.410 e. The highest BCUT2D eigenvalue weighted by molar-refractivity contribution is 9.10. The van der Waals surface area contributed by atoms with Gasteiger partial charge >= 0.3 is 6.09 Å². The molecule has 1 aliphatic rings. The second-order valence-electron chi connectivity index (χ2n) is 7.57. The van der Waals surface area contributed by atoms with E-state index in [0.29, 0.717) is 19.8 Å². The van der Waals surface area contributed by atoms with Gasteiger partial charge in [-0.05, 0) is 57.7 Å². The number of methoxy groups -OCH3 is 1. The SMILES string of the molecule is COCCOC(c1ccc(Br)cc1)C1CCCCN1C(=O)OC(C)(C)C. The number of hydrogen-bond donors (Lipinski definition) is 0. The average Bonchev–Trinajstić information content (AvgIpc) is 2.58. The Morgan fingerprint density at radius 2 is 1.92 bits per heavy atom. The molecule has 0 bridgehead atoms. The smallest absolute Gasteiger partial charge is 0.410 e. The average molecular weight is 428 g/mol. The number of rotatable bonds is 6. The summed E-state index contributed by atoms with van der Waals surface area (Å²) in [6.45, 7) is 7.38. The van der Waals surface area contributed by atoms with E-state index >= 15 is 0 Å². The first-order chi connectivity index (χ1) is 12.3. The Balaban J connectivity index is 2.23. The lowest BCUT2D eigenvalue weighted by Crippen LogP contribution is -2.49. The van der Waals surface area contributed by atoms with Crippen LogP contribution in [0.3, 0.4) is 0 Å². The third-order valence-corrected chi connectivity index (χ3v) is 4.84. The lowest BCUT2D eigenvalue weighted by atomic mass is 9.93. The van der Waals surface area contributed by atoms with Gasteiger partial charge < -0.3 is 19.1 Å². The molecule has 0 saturated carbocycles. The van der Waals surface area contributed by atoms with Crippen LogP contribution >= 0.6 is 15.9 Å². The van der Waals surface area contributed by atoms with E-state index < -0.39 is 5.60 Å². The topological polar surface area (TPSA) is 48.0 Å². The molecule has 0 spiro atoms. The zero-order chi connectivity index (χ0) is 19.2. The van der Waals surface area contributed by atoms with Crippen molar-refractivity contribution in [3.63, 3.8) is 0 Å². The predicted octanol–water partition coefficient (Wildman–Crippen LogP) is 4.94. The van der Waals surface area contributed by atoms with Crippen LogP contribution in [0.4, 0.5) is 4.79 Å². The first-order valence-corrected chi connectivity index (χ1v) is 9.97. The third kappa shape index (κ3) is 6.25. The number of halogens is 1. The van der Waals surface area contributed by atoms with Crippen molar-refractivity contribution < 1.29 is 19.0 Å². The van der Waals surface area contributed by atoms with Gasteiger partial charge in [-0.2, -0.15) is 0 Å². The van der Waals surface area contributed by atoms with Crippen molar-refractivity contribution in [2.45, 2.75) is 57.8 Å². The molecule has 1 heterocycles. The standard InChI is InChI=1S/C20H30BrNO4/c1-20(2,3)26-19(23)22-12-6-5-7-17(22)18(25-14-13-24-4)15-8-10-16(21)11-9-15/h8-11,17-18H,5-7,12-14H2,1-4H3. The van der Waals surface area contributed by atoms with E-state index in [0.717, 1.165) is 29.3 Å². The van der Waals surface area contributed by atoms with Crippen LogP contribution < -0.4 is 0 Å². The van der Waals surface area contributed by atoms with E-state index in [4.69, 9.17) is 14.2 Å². The van der Waals surface area contributed by atoms with Gasteiger partial charge in [0.25, 0.3) is 0 Å². The summed E-state index contributed by atoms with van der Waals surface area (Å²) >= 11 is 3.48. The van der Waals surface area contributed by atoms with Gasteiger partial charge in [0.15, 0.2) is 0 Å². The van der Waals surface area contributed by atoms with Crippen molar-refractivity contribution in [2.75, 3.05) is 26.9 Å². The Kier molecular flexibility index (Phi) is 7.92. The number of carbonyl (C=O) groups excluding carboxylic acids is 1. The van der Waals surface area contributed by atoms with Gasteiger partial charge in [0.1, 0.15) is 11.7 Å². The van der Waals surface area contributed by atoms with E-state index in [2.05, 4.69) is 15.9 Å². The summed E-state index contributed by atoms with van der Waals surface area (Å²) in [5.41, 5.74) is 0.549. The van der Waals surface area contributed by atoms with Gasteiger partial charge in [0.05, 0.1) is 19.3 Å². The fourth-order valence-electron chi connectivity index (χ4n) is 3.16. The van der Waals surface area contributed by atoms with Gasteiger partial charge in [-0.3, -0.25) is 0 Å². The van der Waals surface area contributed by atoms with Crippen LogP contribution in [-0.2, 0) is 14.2 Å². The molecule has 0 N–H and O–H groups in total. The molecule has 5 nitrogen and oxygen atoms in total. The molecular weight excluding hydrogens is 398 g/mol. The maximum absolute atomic E-state index is 12.8. The van der Waals surface area contributed by atoms with Crippen LogP contribution in [0.2, 0.25) is 0 Å². The molecule has 146 valence electrons. The molecule has 6 heteroatoms. The Morgan fingerprint density at radius 3 is 2.54 bits per heavy atom. The Bertz CT molecular complexity index is 570. The fourth-order valence-corrected chi connectivity index (χ4v) is 3.42. The highest BCUT2D eigenvalue weighted by Gasteiger charge is 2.36. The van der Waals surface area contributed by atoms with E-state index in [1.165, 1.54) is 0 Å². The van der Waals surface area contributed by atoms with Crippen LogP contribution in [-0.4, -0.2) is 49.5 Å². The molecule has 1 aromatic rings. The first-order valence-electron chi connectivity index (χ1n) is 9.17. The summed E-state index contributed by atoms with van der Waals surface area (Å²) in [7, 11) is 1.66. The van der Waals surface area contributed by atoms with Crippen LogP contribution in [0, 0.1) is 0 Å². The van der Waals surface area contributed by atoms with E-state index in [1.54, 1.807) is 7.11 Å². The van der Waals surface area contributed by atoms with Gasteiger partial charge in [-0.25, -0.2) is 4.79 Å². The largest absolute Gasteiger partial charge is 0.444 e. The number of ether oxygens (including phenoxy) is 3. The Morgan fingerprint density at radius 1 is 1.23 bits per heavy atom. The predicted molar refractivity (Wildman–Crippen MR) is 105 cm³/mol. The number of piperidine rings is 1. The van der Waals surface area contributed by atoms with Gasteiger partial charge in [0.2, 0.25) is 0 Å². The van der Waals surface area contributed by atoms with Crippen molar-refractivity contribution in [2.24, 2.45) is 0 Å². The molecule has 1 fully saturated rings. The maximum atomic E-state index is 12.8. The highest BCUT2D eigenvalue weighted by atomic mass is 79.9. The minimum atomic E-state index is -0.511. The summed E-state index contributed by atoms with van der Waals surface area (Å²) in [4.78, 5) is 14.6. The summed E-state index contributed by atoms with van der Waals surface area (Å²) < 4.78 is 18.0. The molecule has 2 rings (SSSR count). The lowest BCUT2D eigenvalue weighted by molar-refractivity contribution is -0.0534. The summed E-state index contributed by atoms with van der Waals surface area (Å²) in [5.74, 6) is 0. The van der Waals surface area contributed by atoms with Crippen molar-refractivity contribution in [1.29, 1.82) is 0 Å². The fraction of sp³-hybridized carbons (Fsp3) is 0.650. The normalized spacial score (nSPS) is 19.3. The van der Waals surface area contributed by atoms with E-state index in [9.17, 15) is 4.79 Å². The molecule has 26 heavy (non-hydrogen) atoms. The minimum absolute atomic E-state index is 0.0448. The highest BCUT2D eigenvalue weighted by Crippen LogP contribution is 2.33. The Labute approximate surface area is 165 Å². The summed E-state index contributed by atoms with van der Waals surface area (Å²) in [5, 5.41) is 0. The number of nitrogens with zero attached hydrogens (tertiary/aromatic N) is 1. The van der Waals surface area contributed by atoms with Crippen molar-refractivity contribution in [3.05, 3.63) is 34.3 Å². The van der Waals surface area contributed by atoms with E-state index in [1.807, 2.05) is 49.9 Å². The molecule has 1 saturated heterocycles. The van der Waals surface area contributed by atoms with Crippen molar-refractivity contribution >= 4 is 22.0 Å². The molecular formula is C20H30BrNO4. The van der Waals surface area contributed by atoms with Crippen LogP contribution in [0.1, 0.15) is 51.7 Å². The summed E-state index contributed by atoms with van der Waals surface area (Å²) in [6.07, 6.45) is 2.49. The third-order valence-electron chi connectivity index (χ3n) is 4.31. The molecule has 2 unspecified atom stereocenters.